The lowest BCUT2D eigenvalue weighted by Gasteiger charge is -2.27. The molecule has 2 aliphatic heterocycles. The van der Waals surface area contributed by atoms with Crippen LogP contribution in [0.5, 0.6) is 0 Å². The Morgan fingerprint density at radius 3 is 2.74 bits per heavy atom. The largest absolute Gasteiger partial charge is 0.339 e. The van der Waals surface area contributed by atoms with Crippen molar-refractivity contribution in [1.82, 2.24) is 9.80 Å². The summed E-state index contributed by atoms with van der Waals surface area (Å²) in [7, 11) is 0. The van der Waals surface area contributed by atoms with Crippen molar-refractivity contribution in [3.63, 3.8) is 0 Å². The van der Waals surface area contributed by atoms with E-state index in [1.165, 1.54) is 0 Å². The van der Waals surface area contributed by atoms with Crippen molar-refractivity contribution >= 4 is 36.0 Å². The monoisotopic (exact) mass is 307 g/mol. The summed E-state index contributed by atoms with van der Waals surface area (Å²) in [6.45, 7) is 3.35. The molecule has 0 aromatic rings. The number of nitrogens with zero attached hydrogens (tertiary/aromatic N) is 2. The molecule has 2 atom stereocenters. The van der Waals surface area contributed by atoms with Crippen LogP contribution in [0.25, 0.3) is 0 Å². The molecular formula is C12H22ClN3O2S. The maximum absolute atomic E-state index is 12.4. The highest BCUT2D eigenvalue weighted by Gasteiger charge is 2.38. The number of amides is 2. The fourth-order valence-electron chi connectivity index (χ4n) is 2.45. The molecule has 2 N–H and O–H groups in total. The Morgan fingerprint density at radius 1 is 1.42 bits per heavy atom. The molecule has 0 bridgehead atoms. The second-order valence-corrected chi connectivity index (χ2v) is 5.96. The molecule has 0 aromatic carbocycles. The number of nitrogens with two attached hydrogens (primary N) is 1. The molecule has 19 heavy (non-hydrogen) atoms. The quantitative estimate of drug-likeness (QED) is 0.832. The second kappa shape index (κ2) is 7.36. The maximum Gasteiger partial charge on any atom is 0.246 e. The average molecular weight is 308 g/mol. The molecule has 5 nitrogen and oxygen atoms in total. The van der Waals surface area contributed by atoms with Crippen LogP contribution in [-0.2, 0) is 9.59 Å². The third-order valence-electron chi connectivity index (χ3n) is 3.49. The van der Waals surface area contributed by atoms with Gasteiger partial charge in [-0.2, -0.15) is 0 Å². The summed E-state index contributed by atoms with van der Waals surface area (Å²) in [5.74, 6) is 1.55. The van der Waals surface area contributed by atoms with E-state index in [0.29, 0.717) is 18.8 Å². The number of halogens is 1. The van der Waals surface area contributed by atoms with Gasteiger partial charge in [0.25, 0.3) is 0 Å². The van der Waals surface area contributed by atoms with Gasteiger partial charge in [0.2, 0.25) is 11.8 Å². The molecule has 7 heteroatoms. The first-order valence-corrected chi connectivity index (χ1v) is 7.70. The van der Waals surface area contributed by atoms with Crippen molar-refractivity contribution in [2.24, 2.45) is 5.73 Å². The zero-order chi connectivity index (χ0) is 13.1. The van der Waals surface area contributed by atoms with Gasteiger partial charge in [0.15, 0.2) is 0 Å². The van der Waals surface area contributed by atoms with Crippen molar-refractivity contribution in [3.8, 4) is 0 Å². The van der Waals surface area contributed by atoms with Crippen LogP contribution in [0, 0.1) is 0 Å². The summed E-state index contributed by atoms with van der Waals surface area (Å²) < 4.78 is 0. The highest BCUT2D eigenvalue weighted by molar-refractivity contribution is 7.99. The lowest BCUT2D eigenvalue weighted by atomic mass is 10.2. The number of hydrogen-bond donors (Lipinski definition) is 1. The van der Waals surface area contributed by atoms with Gasteiger partial charge in [0.05, 0.1) is 5.88 Å². The molecule has 0 aliphatic carbocycles. The van der Waals surface area contributed by atoms with E-state index in [4.69, 9.17) is 5.73 Å². The van der Waals surface area contributed by atoms with Gasteiger partial charge in [0.1, 0.15) is 6.04 Å². The normalized spacial score (nSPS) is 26.4. The molecule has 0 radical (unpaired) electrons. The van der Waals surface area contributed by atoms with Crippen LogP contribution < -0.4 is 5.73 Å². The summed E-state index contributed by atoms with van der Waals surface area (Å²) >= 11 is 1.66. The SMILES string of the molecule is CCCC(=O)N1CSCC1C(=O)N1CC[C@@H](N)C1.Cl. The Labute approximate surface area is 124 Å². The zero-order valence-corrected chi connectivity index (χ0v) is 12.8. The maximum atomic E-state index is 12.4. The van der Waals surface area contributed by atoms with E-state index >= 15 is 0 Å². The lowest BCUT2D eigenvalue weighted by Crippen LogP contribution is -2.48. The van der Waals surface area contributed by atoms with Crippen LogP contribution in [-0.4, -0.2) is 58.4 Å². The number of thioether (sulfide) groups is 1. The molecule has 2 rings (SSSR count). The highest BCUT2D eigenvalue weighted by atomic mass is 35.5. The molecule has 0 spiro atoms. The number of carbonyl (C=O) groups excluding carboxylic acids is 2. The highest BCUT2D eigenvalue weighted by Crippen LogP contribution is 2.24. The third kappa shape index (κ3) is 3.77. The van der Waals surface area contributed by atoms with Crippen molar-refractivity contribution in [2.45, 2.75) is 38.3 Å². The smallest absolute Gasteiger partial charge is 0.246 e. The van der Waals surface area contributed by atoms with Crippen molar-refractivity contribution < 1.29 is 9.59 Å². The Hall–Kier alpha value is -0.460. The molecule has 0 aromatic heterocycles. The molecule has 2 saturated heterocycles. The van der Waals surface area contributed by atoms with Gasteiger partial charge in [-0.1, -0.05) is 6.92 Å². The van der Waals surface area contributed by atoms with E-state index in [2.05, 4.69) is 0 Å². The number of likely N-dealkylation sites (tertiary alicyclic amines) is 1. The van der Waals surface area contributed by atoms with Crippen LogP contribution >= 0.6 is 24.2 Å². The van der Waals surface area contributed by atoms with Gasteiger partial charge in [-0.15, -0.1) is 24.2 Å². The Morgan fingerprint density at radius 2 is 2.16 bits per heavy atom. The lowest BCUT2D eigenvalue weighted by molar-refractivity contribution is -0.142. The van der Waals surface area contributed by atoms with Crippen LogP contribution in [0.15, 0.2) is 0 Å². The van der Waals surface area contributed by atoms with E-state index in [-0.39, 0.29) is 36.3 Å². The molecule has 2 amide bonds. The summed E-state index contributed by atoms with van der Waals surface area (Å²) in [5, 5.41) is 0. The van der Waals surface area contributed by atoms with Crippen LogP contribution in [0.3, 0.4) is 0 Å². The summed E-state index contributed by atoms with van der Waals surface area (Å²) in [6.07, 6.45) is 2.23. The summed E-state index contributed by atoms with van der Waals surface area (Å²) in [5.41, 5.74) is 5.82. The minimum absolute atomic E-state index is 0. The van der Waals surface area contributed by atoms with E-state index in [1.54, 1.807) is 16.7 Å². The molecule has 2 heterocycles. The van der Waals surface area contributed by atoms with E-state index in [9.17, 15) is 9.59 Å². The predicted molar refractivity (Wildman–Crippen MR) is 79.3 cm³/mol. The van der Waals surface area contributed by atoms with Crippen molar-refractivity contribution in [2.75, 3.05) is 24.7 Å². The minimum atomic E-state index is -0.264. The van der Waals surface area contributed by atoms with Crippen molar-refractivity contribution in [3.05, 3.63) is 0 Å². The first-order valence-electron chi connectivity index (χ1n) is 6.55. The van der Waals surface area contributed by atoms with Gasteiger partial charge in [0, 0.05) is 31.3 Å². The van der Waals surface area contributed by atoms with Gasteiger partial charge in [-0.25, -0.2) is 0 Å². The standard InChI is InChI=1S/C12H21N3O2S.ClH/c1-2-3-11(16)15-8-18-7-10(15)12(17)14-5-4-9(13)6-14;/h9-10H,2-8,13H2,1H3;1H/t9-,10?;/m1./s1. The van der Waals surface area contributed by atoms with Gasteiger partial charge in [-0.05, 0) is 12.8 Å². The average Bonchev–Trinajstić information content (AvgIpc) is 2.96. The Balaban J connectivity index is 0.00000180. The van der Waals surface area contributed by atoms with E-state index < -0.39 is 0 Å². The first kappa shape index (κ1) is 16.6. The third-order valence-corrected chi connectivity index (χ3v) is 4.50. The predicted octanol–water partition coefficient (Wildman–Crippen LogP) is 0.669. The Bertz CT molecular complexity index is 343. The first-order chi connectivity index (χ1) is 8.63. The number of hydrogen-bond acceptors (Lipinski definition) is 4. The van der Waals surface area contributed by atoms with Crippen LogP contribution in [0.2, 0.25) is 0 Å². The topological polar surface area (TPSA) is 66.6 Å². The van der Waals surface area contributed by atoms with Gasteiger partial charge >= 0.3 is 0 Å². The molecule has 1 unspecified atom stereocenters. The molecule has 2 fully saturated rings. The summed E-state index contributed by atoms with van der Waals surface area (Å²) in [6, 6.07) is -0.165. The summed E-state index contributed by atoms with van der Waals surface area (Å²) in [4.78, 5) is 27.9. The van der Waals surface area contributed by atoms with Crippen LogP contribution in [0.1, 0.15) is 26.2 Å². The fourth-order valence-corrected chi connectivity index (χ4v) is 3.62. The van der Waals surface area contributed by atoms with E-state index in [0.717, 1.165) is 25.1 Å². The van der Waals surface area contributed by atoms with Crippen LogP contribution in [0.4, 0.5) is 0 Å². The Kier molecular flexibility index (Phi) is 6.42. The molecule has 110 valence electrons. The number of rotatable bonds is 3. The van der Waals surface area contributed by atoms with Gasteiger partial charge in [-0.3, -0.25) is 9.59 Å². The minimum Gasteiger partial charge on any atom is -0.339 e. The number of carbonyl (C=O) groups is 2. The fraction of sp³-hybridized carbons (Fsp3) is 0.833. The zero-order valence-electron chi connectivity index (χ0n) is 11.2. The van der Waals surface area contributed by atoms with Gasteiger partial charge < -0.3 is 15.5 Å². The molecule has 2 aliphatic rings. The van der Waals surface area contributed by atoms with E-state index in [1.807, 2.05) is 11.8 Å². The second-order valence-electron chi connectivity index (χ2n) is 4.96. The molecular weight excluding hydrogens is 286 g/mol. The van der Waals surface area contributed by atoms with Crippen molar-refractivity contribution in [1.29, 1.82) is 0 Å². The molecule has 0 saturated carbocycles.